The molecule has 8 heteroatoms. The van der Waals surface area contributed by atoms with E-state index < -0.39 is 11.7 Å². The molecule has 0 atom stereocenters. The van der Waals surface area contributed by atoms with Crippen molar-refractivity contribution in [1.82, 2.24) is 14.4 Å². The second-order valence-electron chi connectivity index (χ2n) is 5.34. The molecule has 1 amide bonds. The van der Waals surface area contributed by atoms with Gasteiger partial charge in [0.15, 0.2) is 5.13 Å². The van der Waals surface area contributed by atoms with Crippen molar-refractivity contribution >= 4 is 33.7 Å². The molecule has 4 aromatic rings. The van der Waals surface area contributed by atoms with Crippen molar-refractivity contribution in [3.8, 4) is 11.3 Å². The molecule has 0 saturated carbocycles. The molecule has 25 heavy (non-hydrogen) atoms. The predicted octanol–water partition coefficient (Wildman–Crippen LogP) is 3.43. The van der Waals surface area contributed by atoms with Crippen LogP contribution in [0.1, 0.15) is 10.5 Å². The summed E-state index contributed by atoms with van der Waals surface area (Å²) in [6.45, 7) is 0. The van der Waals surface area contributed by atoms with E-state index in [1.54, 1.807) is 22.7 Å². The van der Waals surface area contributed by atoms with Gasteiger partial charge < -0.3 is 15.5 Å². The Kier molecular flexibility index (Phi) is 3.66. The van der Waals surface area contributed by atoms with Crippen LogP contribution in [0.2, 0.25) is 0 Å². The van der Waals surface area contributed by atoms with Gasteiger partial charge in [-0.05, 0) is 30.3 Å². The highest BCUT2D eigenvalue weighted by atomic mass is 32.1. The lowest BCUT2D eigenvalue weighted by molar-refractivity contribution is 0.102. The number of hydrogen-bond donors (Lipinski definition) is 2. The fraction of sp³-hybridized carbons (Fsp3) is 0. The standard InChI is InChI=1S/C17H12FN5OS/c18-11-2-1-3-12(6-11)20-16(24)13-8-23-7-10(4-5-15(23)21-13)14-9-25-17(19)22-14/h1-9H,(H2,19,22)(H,20,24). The number of nitrogen functional groups attached to an aromatic ring is 1. The normalized spacial score (nSPS) is 10.9. The summed E-state index contributed by atoms with van der Waals surface area (Å²) in [6, 6.07) is 9.36. The van der Waals surface area contributed by atoms with Crippen LogP contribution < -0.4 is 11.1 Å². The fourth-order valence-electron chi connectivity index (χ4n) is 2.43. The second-order valence-corrected chi connectivity index (χ2v) is 6.23. The maximum absolute atomic E-state index is 13.2. The molecule has 3 heterocycles. The zero-order valence-electron chi connectivity index (χ0n) is 12.8. The molecular formula is C17H12FN5OS. The first-order chi connectivity index (χ1) is 12.1. The number of fused-ring (bicyclic) bond motifs is 1. The van der Waals surface area contributed by atoms with E-state index in [2.05, 4.69) is 15.3 Å². The number of nitrogens with two attached hydrogens (primary N) is 1. The number of carbonyl (C=O) groups is 1. The van der Waals surface area contributed by atoms with E-state index in [9.17, 15) is 9.18 Å². The summed E-state index contributed by atoms with van der Waals surface area (Å²) in [5.41, 5.74) is 8.54. The van der Waals surface area contributed by atoms with Crippen LogP contribution in [-0.4, -0.2) is 20.3 Å². The number of nitrogens with one attached hydrogen (secondary N) is 1. The highest BCUT2D eigenvalue weighted by molar-refractivity contribution is 7.13. The van der Waals surface area contributed by atoms with E-state index in [0.717, 1.165) is 11.3 Å². The summed E-state index contributed by atoms with van der Waals surface area (Å²) in [5.74, 6) is -0.825. The molecule has 0 aliphatic heterocycles. The largest absolute Gasteiger partial charge is 0.375 e. The third-order valence-electron chi connectivity index (χ3n) is 3.58. The molecule has 124 valence electrons. The van der Waals surface area contributed by atoms with Gasteiger partial charge in [0, 0.05) is 29.0 Å². The number of imidazole rings is 1. The Balaban J connectivity index is 1.63. The van der Waals surface area contributed by atoms with Crippen LogP contribution in [0.15, 0.2) is 54.2 Å². The maximum Gasteiger partial charge on any atom is 0.275 e. The molecule has 4 rings (SSSR count). The van der Waals surface area contributed by atoms with E-state index in [0.29, 0.717) is 16.5 Å². The number of thiazole rings is 1. The van der Waals surface area contributed by atoms with E-state index in [1.165, 1.54) is 29.5 Å². The van der Waals surface area contributed by atoms with E-state index >= 15 is 0 Å². The number of carbonyl (C=O) groups excluding carboxylic acids is 1. The van der Waals surface area contributed by atoms with Crippen LogP contribution in [0.4, 0.5) is 15.2 Å². The molecular weight excluding hydrogens is 341 g/mol. The number of hydrogen-bond acceptors (Lipinski definition) is 5. The number of amides is 1. The first-order valence-electron chi connectivity index (χ1n) is 7.35. The number of pyridine rings is 1. The van der Waals surface area contributed by atoms with Gasteiger partial charge in [-0.3, -0.25) is 4.79 Å². The number of benzene rings is 1. The zero-order chi connectivity index (χ0) is 17.4. The first-order valence-corrected chi connectivity index (χ1v) is 8.23. The molecule has 0 saturated heterocycles. The monoisotopic (exact) mass is 353 g/mol. The third-order valence-corrected chi connectivity index (χ3v) is 4.26. The van der Waals surface area contributed by atoms with Gasteiger partial charge in [0.05, 0.1) is 5.69 Å². The first kappa shape index (κ1) is 15.3. The number of aromatic nitrogens is 3. The van der Waals surface area contributed by atoms with Gasteiger partial charge in [-0.2, -0.15) is 0 Å². The second kappa shape index (κ2) is 5.99. The third kappa shape index (κ3) is 3.07. The predicted molar refractivity (Wildman–Crippen MR) is 95.1 cm³/mol. The Hall–Kier alpha value is -3.26. The van der Waals surface area contributed by atoms with Crippen LogP contribution in [-0.2, 0) is 0 Å². The van der Waals surface area contributed by atoms with Crippen LogP contribution in [0.3, 0.4) is 0 Å². The molecule has 0 unspecified atom stereocenters. The molecule has 0 spiro atoms. The molecule has 0 aliphatic carbocycles. The molecule has 1 aromatic carbocycles. The smallest absolute Gasteiger partial charge is 0.275 e. The van der Waals surface area contributed by atoms with Crippen molar-refractivity contribution in [2.75, 3.05) is 11.1 Å². The summed E-state index contributed by atoms with van der Waals surface area (Å²) in [7, 11) is 0. The average molecular weight is 353 g/mol. The van der Waals surface area contributed by atoms with E-state index in [-0.39, 0.29) is 5.69 Å². The lowest BCUT2D eigenvalue weighted by Gasteiger charge is -2.02. The zero-order valence-corrected chi connectivity index (χ0v) is 13.6. The van der Waals surface area contributed by atoms with Crippen molar-refractivity contribution in [2.24, 2.45) is 0 Å². The minimum Gasteiger partial charge on any atom is -0.375 e. The molecule has 0 radical (unpaired) electrons. The highest BCUT2D eigenvalue weighted by Gasteiger charge is 2.12. The van der Waals surface area contributed by atoms with Gasteiger partial charge in [0.2, 0.25) is 0 Å². The van der Waals surface area contributed by atoms with Gasteiger partial charge in [0.25, 0.3) is 5.91 Å². The lowest BCUT2D eigenvalue weighted by Crippen LogP contribution is -2.12. The molecule has 0 bridgehead atoms. The van der Waals surface area contributed by atoms with E-state index in [1.807, 2.05) is 17.6 Å². The van der Waals surface area contributed by atoms with E-state index in [4.69, 9.17) is 5.73 Å². The summed E-state index contributed by atoms with van der Waals surface area (Å²) >= 11 is 1.36. The average Bonchev–Trinajstić information content (AvgIpc) is 3.20. The van der Waals surface area contributed by atoms with Crippen LogP contribution in [0.5, 0.6) is 0 Å². The summed E-state index contributed by atoms with van der Waals surface area (Å²) < 4.78 is 15.0. The van der Waals surface area contributed by atoms with Gasteiger partial charge in [0.1, 0.15) is 17.2 Å². The quantitative estimate of drug-likeness (QED) is 0.591. The van der Waals surface area contributed by atoms with Gasteiger partial charge in [-0.15, -0.1) is 11.3 Å². The lowest BCUT2D eigenvalue weighted by atomic mass is 10.2. The van der Waals surface area contributed by atoms with Gasteiger partial charge in [-0.1, -0.05) is 6.07 Å². The number of halogens is 1. The Bertz CT molecular complexity index is 1090. The van der Waals surface area contributed by atoms with Crippen molar-refractivity contribution < 1.29 is 9.18 Å². The van der Waals surface area contributed by atoms with Gasteiger partial charge in [-0.25, -0.2) is 14.4 Å². The SMILES string of the molecule is Nc1nc(-c2ccc3nc(C(=O)Nc4cccc(F)c4)cn3c2)cs1. The van der Waals surface area contributed by atoms with Crippen LogP contribution >= 0.6 is 11.3 Å². The molecule has 3 N–H and O–H groups in total. The van der Waals surface area contributed by atoms with Crippen molar-refractivity contribution in [1.29, 1.82) is 0 Å². The minimum absolute atomic E-state index is 0.235. The Morgan fingerprint density at radius 2 is 2.08 bits per heavy atom. The Morgan fingerprint density at radius 3 is 2.84 bits per heavy atom. The Morgan fingerprint density at radius 1 is 1.20 bits per heavy atom. The molecule has 6 nitrogen and oxygen atoms in total. The topological polar surface area (TPSA) is 85.3 Å². The summed E-state index contributed by atoms with van der Waals surface area (Å²) in [5, 5.41) is 4.99. The summed E-state index contributed by atoms with van der Waals surface area (Å²) in [6.07, 6.45) is 3.44. The van der Waals surface area contributed by atoms with Crippen molar-refractivity contribution in [3.63, 3.8) is 0 Å². The van der Waals surface area contributed by atoms with Gasteiger partial charge >= 0.3 is 0 Å². The number of nitrogens with zero attached hydrogens (tertiary/aromatic N) is 3. The fourth-order valence-corrected chi connectivity index (χ4v) is 3.01. The maximum atomic E-state index is 13.2. The number of anilines is 2. The number of rotatable bonds is 3. The Labute approximate surface area is 145 Å². The van der Waals surface area contributed by atoms with Crippen LogP contribution in [0, 0.1) is 5.82 Å². The molecule has 0 fully saturated rings. The minimum atomic E-state index is -0.417. The molecule has 0 aliphatic rings. The van der Waals surface area contributed by atoms with Crippen LogP contribution in [0.25, 0.3) is 16.9 Å². The highest BCUT2D eigenvalue weighted by Crippen LogP contribution is 2.23. The van der Waals surface area contributed by atoms with Crippen molar-refractivity contribution in [2.45, 2.75) is 0 Å². The summed E-state index contributed by atoms with van der Waals surface area (Å²) in [4.78, 5) is 20.8. The van der Waals surface area contributed by atoms with Crippen molar-refractivity contribution in [3.05, 3.63) is 65.7 Å². The molecule has 3 aromatic heterocycles.